The van der Waals surface area contributed by atoms with Crippen LogP contribution < -0.4 is 10.6 Å². The molecule has 0 aromatic heterocycles. The van der Waals surface area contributed by atoms with Gasteiger partial charge in [-0.2, -0.15) is 0 Å². The van der Waals surface area contributed by atoms with E-state index in [1.807, 2.05) is 0 Å². The van der Waals surface area contributed by atoms with E-state index in [0.717, 1.165) is 25.9 Å². The molecule has 4 nitrogen and oxygen atoms in total. The number of hydrogen-bond donors (Lipinski definition) is 2. The van der Waals surface area contributed by atoms with Crippen molar-refractivity contribution < 1.29 is 4.79 Å². The van der Waals surface area contributed by atoms with E-state index in [-0.39, 0.29) is 36.8 Å². The van der Waals surface area contributed by atoms with Crippen LogP contribution in [0.25, 0.3) is 0 Å². The molecule has 2 unspecified atom stereocenters. The normalized spacial score (nSPS) is 23.4. The van der Waals surface area contributed by atoms with Crippen molar-refractivity contribution in [3.63, 3.8) is 0 Å². The van der Waals surface area contributed by atoms with Gasteiger partial charge in [0.15, 0.2) is 0 Å². The lowest BCUT2D eigenvalue weighted by atomic mass is 10.0. The summed E-state index contributed by atoms with van der Waals surface area (Å²) >= 11 is 0. The van der Waals surface area contributed by atoms with Crippen LogP contribution in [0.2, 0.25) is 0 Å². The first-order valence-corrected chi connectivity index (χ1v) is 9.56. The summed E-state index contributed by atoms with van der Waals surface area (Å²) in [4.78, 5) is 14.9. The molecule has 148 valence electrons. The first-order valence-electron chi connectivity index (χ1n) is 9.56. The smallest absolute Gasteiger partial charge is 0.237 e. The molecule has 2 aliphatic rings. The minimum absolute atomic E-state index is 0. The Morgan fingerprint density at radius 1 is 1.12 bits per heavy atom. The molecule has 1 aromatic rings. The summed E-state index contributed by atoms with van der Waals surface area (Å²) in [5.74, 6) is 0.149. The number of carbonyl (C=O) groups excluding carboxylic acids is 1. The standard InChI is InChI=1S/C20H31N3O.2ClH/c1-16-8-5-7-13-23(16)15-18-10-3-2-9-17(18)14-22-20(24)19-11-4-6-12-21-19;;/h2-3,9-10,16,19,21H,4-8,11-15H2,1H3,(H,22,24);2*1H. The van der Waals surface area contributed by atoms with Gasteiger partial charge in [0.25, 0.3) is 0 Å². The molecule has 2 saturated heterocycles. The van der Waals surface area contributed by atoms with Gasteiger partial charge >= 0.3 is 0 Å². The molecule has 0 radical (unpaired) electrons. The Hall–Kier alpha value is -0.810. The molecule has 0 saturated carbocycles. The zero-order chi connectivity index (χ0) is 16.8. The Labute approximate surface area is 170 Å². The quantitative estimate of drug-likeness (QED) is 0.790. The van der Waals surface area contributed by atoms with Gasteiger partial charge in [-0.15, -0.1) is 24.8 Å². The molecule has 1 amide bonds. The Kier molecular flexibility index (Phi) is 10.6. The third-order valence-corrected chi connectivity index (χ3v) is 5.51. The summed E-state index contributed by atoms with van der Waals surface area (Å²) in [5, 5.41) is 6.46. The van der Waals surface area contributed by atoms with Crippen LogP contribution in [0.5, 0.6) is 0 Å². The highest BCUT2D eigenvalue weighted by Crippen LogP contribution is 2.21. The van der Waals surface area contributed by atoms with E-state index in [0.29, 0.717) is 12.6 Å². The van der Waals surface area contributed by atoms with Crippen LogP contribution in [0.1, 0.15) is 56.6 Å². The van der Waals surface area contributed by atoms with E-state index in [1.54, 1.807) is 0 Å². The van der Waals surface area contributed by atoms with E-state index >= 15 is 0 Å². The highest BCUT2D eigenvalue weighted by molar-refractivity contribution is 5.85. The number of piperidine rings is 2. The van der Waals surface area contributed by atoms with Gasteiger partial charge in [0.05, 0.1) is 6.04 Å². The Balaban J connectivity index is 0.00000169. The monoisotopic (exact) mass is 401 g/mol. The van der Waals surface area contributed by atoms with Gasteiger partial charge in [-0.05, 0) is 56.8 Å². The van der Waals surface area contributed by atoms with Crippen molar-refractivity contribution >= 4 is 30.7 Å². The highest BCUT2D eigenvalue weighted by Gasteiger charge is 2.21. The van der Waals surface area contributed by atoms with Gasteiger partial charge in [0.2, 0.25) is 5.91 Å². The Bertz CT molecular complexity index is 550. The van der Waals surface area contributed by atoms with Gasteiger partial charge in [0.1, 0.15) is 0 Å². The molecule has 1 aromatic carbocycles. The van der Waals surface area contributed by atoms with Crippen LogP contribution >= 0.6 is 24.8 Å². The number of halogens is 2. The fourth-order valence-electron chi connectivity index (χ4n) is 3.88. The highest BCUT2D eigenvalue weighted by atomic mass is 35.5. The van der Waals surface area contributed by atoms with E-state index in [2.05, 4.69) is 46.7 Å². The van der Waals surface area contributed by atoms with Crippen molar-refractivity contribution in [1.82, 2.24) is 15.5 Å². The van der Waals surface area contributed by atoms with Gasteiger partial charge in [-0.1, -0.05) is 37.1 Å². The SMILES string of the molecule is CC1CCCCN1Cc1ccccc1CNC(=O)C1CCCCN1.Cl.Cl. The van der Waals surface area contributed by atoms with E-state index in [9.17, 15) is 4.79 Å². The summed E-state index contributed by atoms with van der Waals surface area (Å²) in [6.07, 6.45) is 7.24. The fraction of sp³-hybridized carbons (Fsp3) is 0.650. The van der Waals surface area contributed by atoms with Crippen molar-refractivity contribution in [3.05, 3.63) is 35.4 Å². The predicted molar refractivity (Wildman–Crippen MR) is 112 cm³/mol. The predicted octanol–water partition coefficient (Wildman–Crippen LogP) is 3.66. The molecule has 2 atom stereocenters. The molecule has 0 spiro atoms. The van der Waals surface area contributed by atoms with Gasteiger partial charge < -0.3 is 10.6 Å². The first-order chi connectivity index (χ1) is 11.7. The van der Waals surface area contributed by atoms with Crippen molar-refractivity contribution in [2.24, 2.45) is 0 Å². The number of rotatable bonds is 5. The maximum absolute atomic E-state index is 12.3. The van der Waals surface area contributed by atoms with Crippen molar-refractivity contribution in [3.8, 4) is 0 Å². The first kappa shape index (κ1) is 23.2. The van der Waals surface area contributed by atoms with Crippen LogP contribution in [0.4, 0.5) is 0 Å². The summed E-state index contributed by atoms with van der Waals surface area (Å²) in [6.45, 7) is 6.11. The van der Waals surface area contributed by atoms with E-state index in [1.165, 1.54) is 43.4 Å². The molecule has 2 aliphatic heterocycles. The molecule has 2 N–H and O–H groups in total. The molecule has 26 heavy (non-hydrogen) atoms. The summed E-state index contributed by atoms with van der Waals surface area (Å²) in [5.41, 5.74) is 2.60. The molecular weight excluding hydrogens is 369 g/mol. The van der Waals surface area contributed by atoms with Crippen molar-refractivity contribution in [2.75, 3.05) is 13.1 Å². The minimum atomic E-state index is -0.00645. The third kappa shape index (κ3) is 6.41. The number of hydrogen-bond acceptors (Lipinski definition) is 3. The van der Waals surface area contributed by atoms with Crippen LogP contribution in [0.15, 0.2) is 24.3 Å². The molecule has 6 heteroatoms. The minimum Gasteiger partial charge on any atom is -0.351 e. The van der Waals surface area contributed by atoms with Crippen LogP contribution in [-0.4, -0.2) is 36.0 Å². The number of carbonyl (C=O) groups is 1. The molecular formula is C20H33Cl2N3O. The van der Waals surface area contributed by atoms with E-state index in [4.69, 9.17) is 0 Å². The average molecular weight is 402 g/mol. The zero-order valence-electron chi connectivity index (χ0n) is 15.7. The zero-order valence-corrected chi connectivity index (χ0v) is 17.3. The third-order valence-electron chi connectivity index (χ3n) is 5.51. The lowest BCUT2D eigenvalue weighted by Crippen LogP contribution is -2.46. The Morgan fingerprint density at radius 3 is 2.54 bits per heavy atom. The summed E-state index contributed by atoms with van der Waals surface area (Å²) in [6, 6.07) is 9.20. The van der Waals surface area contributed by atoms with Gasteiger partial charge in [-0.25, -0.2) is 0 Å². The molecule has 0 aliphatic carbocycles. The second-order valence-electron chi connectivity index (χ2n) is 7.30. The molecule has 3 rings (SSSR count). The number of likely N-dealkylation sites (tertiary alicyclic amines) is 1. The number of amides is 1. The average Bonchev–Trinajstić information content (AvgIpc) is 2.63. The molecule has 2 fully saturated rings. The number of nitrogens with one attached hydrogen (secondary N) is 2. The van der Waals surface area contributed by atoms with Gasteiger partial charge in [0, 0.05) is 19.1 Å². The van der Waals surface area contributed by atoms with Crippen molar-refractivity contribution in [2.45, 2.75) is 70.6 Å². The maximum Gasteiger partial charge on any atom is 0.237 e. The van der Waals surface area contributed by atoms with Crippen LogP contribution in [-0.2, 0) is 17.9 Å². The van der Waals surface area contributed by atoms with Gasteiger partial charge in [-0.3, -0.25) is 9.69 Å². The summed E-state index contributed by atoms with van der Waals surface area (Å²) in [7, 11) is 0. The van der Waals surface area contributed by atoms with Crippen molar-refractivity contribution in [1.29, 1.82) is 0 Å². The number of nitrogens with zero attached hydrogens (tertiary/aromatic N) is 1. The fourth-order valence-corrected chi connectivity index (χ4v) is 3.88. The topological polar surface area (TPSA) is 44.4 Å². The molecule has 2 heterocycles. The summed E-state index contributed by atoms with van der Waals surface area (Å²) < 4.78 is 0. The molecule has 0 bridgehead atoms. The largest absolute Gasteiger partial charge is 0.351 e. The second-order valence-corrected chi connectivity index (χ2v) is 7.30. The van der Waals surface area contributed by atoms with E-state index < -0.39 is 0 Å². The number of benzene rings is 1. The maximum atomic E-state index is 12.3. The lowest BCUT2D eigenvalue weighted by Gasteiger charge is -2.33. The Morgan fingerprint density at radius 2 is 1.85 bits per heavy atom. The lowest BCUT2D eigenvalue weighted by molar-refractivity contribution is -0.123. The second kappa shape index (κ2) is 11.8. The van der Waals surface area contributed by atoms with Crippen LogP contribution in [0.3, 0.4) is 0 Å². The van der Waals surface area contributed by atoms with Crippen LogP contribution in [0, 0.1) is 0 Å².